The molecule has 3 aliphatic rings. The van der Waals surface area contributed by atoms with Crippen molar-refractivity contribution in [3.8, 4) is 11.1 Å². The van der Waals surface area contributed by atoms with E-state index in [1.165, 1.54) is 72.5 Å². The van der Waals surface area contributed by atoms with Gasteiger partial charge < -0.3 is 4.90 Å². The smallest absolute Gasteiger partial charge is 0.0465 e. The highest BCUT2D eigenvalue weighted by Crippen LogP contribution is 2.62. The minimum atomic E-state index is -0.0530. The summed E-state index contributed by atoms with van der Waals surface area (Å²) in [5.41, 5.74) is 20.0. The van der Waals surface area contributed by atoms with Crippen LogP contribution in [-0.2, 0) is 16.2 Å². The molecule has 0 atom stereocenters. The molecule has 1 nitrogen and oxygen atoms in total. The van der Waals surface area contributed by atoms with Gasteiger partial charge in [-0.1, -0.05) is 157 Å². The standard InChI is InChI=1S/C49H43N/c1-47(2)41-18-12-10-16-37(41)38-29-27-36(31-44(38)47)50(34-14-8-7-9-15-34)35-25-22-32(23-26-35)20-21-33-24-28-40-43(30-33)49(5,6)45-39-17-11-13-19-42(39)48(3,4)46(40)45/h7-31H,1-6H3/b21-20+. The van der Waals surface area contributed by atoms with Crippen molar-refractivity contribution < 1.29 is 0 Å². The molecule has 0 aliphatic heterocycles. The van der Waals surface area contributed by atoms with Crippen molar-refractivity contribution >= 4 is 40.4 Å². The van der Waals surface area contributed by atoms with E-state index in [9.17, 15) is 0 Å². The van der Waals surface area contributed by atoms with Gasteiger partial charge >= 0.3 is 0 Å². The van der Waals surface area contributed by atoms with Gasteiger partial charge in [-0.25, -0.2) is 0 Å². The third kappa shape index (κ3) is 4.39. The van der Waals surface area contributed by atoms with E-state index < -0.39 is 0 Å². The lowest BCUT2D eigenvalue weighted by molar-refractivity contribution is 0.660. The Morgan fingerprint density at radius 3 is 1.54 bits per heavy atom. The Bertz CT molecular complexity index is 2380. The minimum Gasteiger partial charge on any atom is -0.310 e. The van der Waals surface area contributed by atoms with Gasteiger partial charge in [-0.15, -0.1) is 0 Å². The number of nitrogens with zero attached hydrogens (tertiary/aromatic N) is 1. The zero-order valence-electron chi connectivity index (χ0n) is 29.9. The summed E-state index contributed by atoms with van der Waals surface area (Å²) >= 11 is 0. The first-order valence-electron chi connectivity index (χ1n) is 17.9. The van der Waals surface area contributed by atoms with Gasteiger partial charge in [0.25, 0.3) is 0 Å². The number of rotatable bonds is 5. The third-order valence-corrected chi connectivity index (χ3v) is 11.8. The van der Waals surface area contributed by atoms with Crippen LogP contribution >= 0.6 is 0 Å². The molecular formula is C49H43N. The molecule has 0 amide bonds. The summed E-state index contributed by atoms with van der Waals surface area (Å²) in [6.07, 6.45) is 4.51. The van der Waals surface area contributed by atoms with E-state index >= 15 is 0 Å². The number of allylic oxidation sites excluding steroid dienone is 2. The van der Waals surface area contributed by atoms with Crippen LogP contribution in [0.4, 0.5) is 17.1 Å². The molecule has 0 fully saturated rings. The van der Waals surface area contributed by atoms with Gasteiger partial charge in [0.1, 0.15) is 0 Å². The van der Waals surface area contributed by atoms with Crippen LogP contribution in [0, 0.1) is 0 Å². The summed E-state index contributed by atoms with van der Waals surface area (Å²) in [6, 6.07) is 51.6. The van der Waals surface area contributed by atoms with Crippen LogP contribution in [0.5, 0.6) is 0 Å². The van der Waals surface area contributed by atoms with Crippen molar-refractivity contribution in [1.29, 1.82) is 0 Å². The molecule has 0 bridgehead atoms. The summed E-state index contributed by atoms with van der Waals surface area (Å²) in [5.74, 6) is 0. The Labute approximate surface area is 297 Å². The van der Waals surface area contributed by atoms with Gasteiger partial charge in [-0.3, -0.25) is 0 Å². The van der Waals surface area contributed by atoms with Gasteiger partial charge in [0.05, 0.1) is 0 Å². The monoisotopic (exact) mass is 645 g/mol. The van der Waals surface area contributed by atoms with E-state index in [1.807, 2.05) is 0 Å². The summed E-state index contributed by atoms with van der Waals surface area (Å²) in [4.78, 5) is 2.38. The molecule has 0 radical (unpaired) electrons. The number of para-hydroxylation sites is 1. The molecule has 0 saturated carbocycles. The molecule has 1 heteroatoms. The molecule has 0 saturated heterocycles. The fourth-order valence-corrected chi connectivity index (χ4v) is 9.27. The summed E-state index contributed by atoms with van der Waals surface area (Å²) in [7, 11) is 0. The van der Waals surface area contributed by atoms with E-state index in [0.717, 1.165) is 11.4 Å². The second kappa shape index (κ2) is 10.8. The molecule has 9 rings (SSSR count). The second-order valence-electron chi connectivity index (χ2n) is 15.8. The van der Waals surface area contributed by atoms with Crippen molar-refractivity contribution in [2.24, 2.45) is 0 Å². The first kappa shape index (κ1) is 30.6. The van der Waals surface area contributed by atoms with Crippen LogP contribution in [-0.4, -0.2) is 0 Å². The van der Waals surface area contributed by atoms with E-state index in [0.29, 0.717) is 0 Å². The molecule has 0 aromatic heterocycles. The van der Waals surface area contributed by atoms with Gasteiger partial charge in [-0.2, -0.15) is 0 Å². The number of fused-ring (bicyclic) bond motifs is 7. The van der Waals surface area contributed by atoms with E-state index in [1.54, 1.807) is 0 Å². The Kier molecular flexibility index (Phi) is 6.62. The lowest BCUT2D eigenvalue weighted by atomic mass is 9.75. The normalized spacial score (nSPS) is 16.9. The quantitative estimate of drug-likeness (QED) is 0.169. The molecule has 0 spiro atoms. The van der Waals surface area contributed by atoms with Gasteiger partial charge in [0, 0.05) is 33.3 Å². The number of hydrogen-bond donors (Lipinski definition) is 0. The zero-order valence-corrected chi connectivity index (χ0v) is 29.9. The highest BCUT2D eigenvalue weighted by molar-refractivity contribution is 6.09. The molecule has 0 unspecified atom stereocenters. The average molecular weight is 646 g/mol. The average Bonchev–Trinajstić information content (AvgIpc) is 3.63. The van der Waals surface area contributed by atoms with E-state index in [-0.39, 0.29) is 16.2 Å². The first-order chi connectivity index (χ1) is 24.1. The molecule has 0 heterocycles. The van der Waals surface area contributed by atoms with Gasteiger partial charge in [0.2, 0.25) is 0 Å². The zero-order chi connectivity index (χ0) is 34.4. The predicted octanol–water partition coefficient (Wildman–Crippen LogP) is 13.1. The van der Waals surface area contributed by atoms with Crippen LogP contribution in [0.1, 0.15) is 86.1 Å². The van der Waals surface area contributed by atoms with Crippen molar-refractivity contribution in [1.82, 2.24) is 0 Å². The van der Waals surface area contributed by atoms with Gasteiger partial charge in [-0.05, 0) is 103 Å². The largest absolute Gasteiger partial charge is 0.310 e. The molecule has 6 aromatic rings. The molecule has 0 N–H and O–H groups in total. The topological polar surface area (TPSA) is 3.24 Å². The maximum Gasteiger partial charge on any atom is 0.0465 e. The Balaban J connectivity index is 1.02. The van der Waals surface area contributed by atoms with Crippen LogP contribution in [0.3, 0.4) is 0 Å². The SMILES string of the molecule is CC1(C)C2=C(c3ccccc31)C(C)(C)c1cc(/C=C/c3ccc(N(c4ccccc4)c4ccc5c(c4)C(C)(C)c4ccccc4-5)cc3)ccc12. The van der Waals surface area contributed by atoms with Crippen molar-refractivity contribution in [3.05, 3.63) is 184 Å². The van der Waals surface area contributed by atoms with Gasteiger partial charge in [0.15, 0.2) is 0 Å². The number of hydrogen-bond acceptors (Lipinski definition) is 1. The highest BCUT2D eigenvalue weighted by atomic mass is 15.1. The first-order valence-corrected chi connectivity index (χ1v) is 17.9. The van der Waals surface area contributed by atoms with E-state index in [2.05, 4.69) is 198 Å². The fraction of sp³-hybridized carbons (Fsp3) is 0.184. The Morgan fingerprint density at radius 2 is 0.820 bits per heavy atom. The molecule has 6 aromatic carbocycles. The van der Waals surface area contributed by atoms with Crippen LogP contribution in [0.25, 0.3) is 34.4 Å². The summed E-state index contributed by atoms with van der Waals surface area (Å²) < 4.78 is 0. The summed E-state index contributed by atoms with van der Waals surface area (Å²) in [6.45, 7) is 14.3. The summed E-state index contributed by atoms with van der Waals surface area (Å²) in [5, 5.41) is 0. The maximum atomic E-state index is 2.42. The lowest BCUT2D eigenvalue weighted by Gasteiger charge is -2.28. The predicted molar refractivity (Wildman–Crippen MR) is 213 cm³/mol. The molecule has 50 heavy (non-hydrogen) atoms. The molecule has 3 aliphatic carbocycles. The van der Waals surface area contributed by atoms with Crippen molar-refractivity contribution in [2.45, 2.75) is 57.8 Å². The number of anilines is 3. The third-order valence-electron chi connectivity index (χ3n) is 11.8. The van der Waals surface area contributed by atoms with Crippen LogP contribution in [0.15, 0.2) is 140 Å². The van der Waals surface area contributed by atoms with Crippen LogP contribution in [0.2, 0.25) is 0 Å². The van der Waals surface area contributed by atoms with Crippen molar-refractivity contribution in [2.75, 3.05) is 4.90 Å². The molecular weight excluding hydrogens is 603 g/mol. The van der Waals surface area contributed by atoms with Crippen molar-refractivity contribution in [3.63, 3.8) is 0 Å². The van der Waals surface area contributed by atoms with Crippen LogP contribution < -0.4 is 4.90 Å². The Hall–Kier alpha value is -5.40. The molecule has 244 valence electrons. The Morgan fingerprint density at radius 1 is 0.360 bits per heavy atom. The lowest BCUT2D eigenvalue weighted by Crippen LogP contribution is -2.19. The minimum absolute atomic E-state index is 0.00216. The highest BCUT2D eigenvalue weighted by Gasteiger charge is 2.49. The van der Waals surface area contributed by atoms with E-state index in [4.69, 9.17) is 0 Å². The number of benzene rings is 6. The second-order valence-corrected chi connectivity index (χ2v) is 15.8. The maximum absolute atomic E-state index is 2.42. The fourth-order valence-electron chi connectivity index (χ4n) is 9.27.